The summed E-state index contributed by atoms with van der Waals surface area (Å²) in [7, 11) is 0. The van der Waals surface area contributed by atoms with E-state index in [-0.39, 0.29) is 30.9 Å². The van der Waals surface area contributed by atoms with E-state index in [2.05, 4.69) is 13.2 Å². The molecule has 234 valence electrons. The predicted molar refractivity (Wildman–Crippen MR) is 169 cm³/mol. The fourth-order valence-electron chi connectivity index (χ4n) is 7.95. The number of amides is 3. The first-order chi connectivity index (χ1) is 21.3. The predicted octanol–water partition coefficient (Wildman–Crippen LogP) is 4.51. The van der Waals surface area contributed by atoms with Gasteiger partial charge in [-0.05, 0) is 36.8 Å². The molecule has 2 bridgehead atoms. The van der Waals surface area contributed by atoms with Crippen LogP contribution in [0.15, 0.2) is 86.0 Å². The van der Waals surface area contributed by atoms with Crippen LogP contribution in [0.25, 0.3) is 0 Å². The number of aliphatic hydroxyl groups is 1. The van der Waals surface area contributed by atoms with Crippen LogP contribution in [0.3, 0.4) is 0 Å². The second-order valence-electron chi connectivity index (χ2n) is 12.3. The van der Waals surface area contributed by atoms with Crippen molar-refractivity contribution in [3.63, 3.8) is 0 Å². The van der Waals surface area contributed by atoms with Crippen molar-refractivity contribution >= 4 is 17.7 Å². The third-order valence-electron chi connectivity index (χ3n) is 9.84. The van der Waals surface area contributed by atoms with Gasteiger partial charge in [0.05, 0.1) is 30.1 Å². The third kappa shape index (κ3) is 5.18. The number of nitrogens with zero attached hydrogens (tertiary/aromatic N) is 3. The van der Waals surface area contributed by atoms with Crippen LogP contribution >= 0.6 is 0 Å². The van der Waals surface area contributed by atoms with Gasteiger partial charge in [-0.15, -0.1) is 13.2 Å². The second kappa shape index (κ2) is 13.1. The van der Waals surface area contributed by atoms with E-state index in [1.165, 1.54) is 0 Å². The molecule has 6 atom stereocenters. The highest BCUT2D eigenvalue weighted by molar-refractivity contribution is 5.99. The molecule has 2 unspecified atom stereocenters. The second-order valence-corrected chi connectivity index (χ2v) is 12.3. The molecule has 8 heteroatoms. The van der Waals surface area contributed by atoms with Crippen LogP contribution < -0.4 is 0 Å². The molecule has 8 nitrogen and oxygen atoms in total. The molecule has 2 aromatic rings. The van der Waals surface area contributed by atoms with Gasteiger partial charge in [0.25, 0.3) is 0 Å². The quantitative estimate of drug-likeness (QED) is 0.323. The lowest BCUT2D eigenvalue weighted by Gasteiger charge is -2.39. The lowest BCUT2D eigenvalue weighted by Crippen LogP contribution is -2.57. The highest BCUT2D eigenvalue weighted by atomic mass is 16.5. The van der Waals surface area contributed by atoms with Crippen molar-refractivity contribution in [2.75, 3.05) is 26.2 Å². The molecule has 2 aromatic carbocycles. The molecule has 5 rings (SSSR count). The number of aliphatic hydroxyl groups excluding tert-OH is 1. The van der Waals surface area contributed by atoms with Crippen molar-refractivity contribution in [3.05, 3.63) is 97.1 Å². The van der Waals surface area contributed by atoms with Gasteiger partial charge in [-0.3, -0.25) is 14.4 Å². The number of hydrogen-bond acceptors (Lipinski definition) is 5. The summed E-state index contributed by atoms with van der Waals surface area (Å²) in [6.07, 6.45) is 5.75. The molecule has 0 saturated carbocycles. The molecule has 3 amide bonds. The molecule has 0 aromatic heterocycles. The van der Waals surface area contributed by atoms with E-state index in [1.807, 2.05) is 74.5 Å². The van der Waals surface area contributed by atoms with Crippen LogP contribution in [-0.2, 0) is 25.7 Å². The van der Waals surface area contributed by atoms with Gasteiger partial charge >= 0.3 is 0 Å². The van der Waals surface area contributed by atoms with Gasteiger partial charge in [0, 0.05) is 26.2 Å². The van der Waals surface area contributed by atoms with E-state index < -0.39 is 35.1 Å². The van der Waals surface area contributed by atoms with Crippen LogP contribution in [0, 0.1) is 11.8 Å². The van der Waals surface area contributed by atoms with Crippen molar-refractivity contribution < 1.29 is 24.2 Å². The van der Waals surface area contributed by atoms with E-state index in [9.17, 15) is 19.5 Å². The van der Waals surface area contributed by atoms with Crippen LogP contribution in [0.1, 0.15) is 56.7 Å². The highest BCUT2D eigenvalue weighted by Crippen LogP contribution is 2.65. The first kappa shape index (κ1) is 31.7. The normalized spacial score (nSPS) is 27.6. The Morgan fingerprint density at radius 3 is 2.23 bits per heavy atom. The molecule has 1 spiro atoms. The van der Waals surface area contributed by atoms with E-state index in [0.29, 0.717) is 38.9 Å². The molecule has 0 aliphatic carbocycles. The van der Waals surface area contributed by atoms with Gasteiger partial charge in [-0.1, -0.05) is 86.7 Å². The van der Waals surface area contributed by atoms with Crippen molar-refractivity contribution in [2.45, 2.75) is 69.4 Å². The average Bonchev–Trinajstić information content (AvgIpc) is 3.65. The van der Waals surface area contributed by atoms with Gasteiger partial charge in [0.15, 0.2) is 0 Å². The Balaban J connectivity index is 1.65. The van der Waals surface area contributed by atoms with Gasteiger partial charge in [-0.25, -0.2) is 0 Å². The summed E-state index contributed by atoms with van der Waals surface area (Å²) in [5.74, 6) is -2.29. The van der Waals surface area contributed by atoms with Gasteiger partial charge < -0.3 is 24.5 Å². The fourth-order valence-corrected chi connectivity index (χ4v) is 7.95. The SMILES string of the molecule is C=CCN(Cc1ccccc1)C(=O)C1N([C@H](CO)c2ccccc2)C(=O)[C@@H]2[C@@H](C(=O)N(CC=C)CCC)[C@@]3(CC)CCC12O3. The third-order valence-corrected chi connectivity index (χ3v) is 9.84. The number of carbonyl (C=O) groups is 3. The number of benzene rings is 2. The Morgan fingerprint density at radius 2 is 1.64 bits per heavy atom. The number of ether oxygens (including phenoxy) is 1. The molecular formula is C36H45N3O5. The van der Waals surface area contributed by atoms with E-state index in [0.717, 1.165) is 17.5 Å². The topological polar surface area (TPSA) is 90.4 Å². The molecule has 3 fully saturated rings. The molecule has 0 radical (unpaired) electrons. The van der Waals surface area contributed by atoms with Gasteiger partial charge in [0.2, 0.25) is 17.7 Å². The maximum absolute atomic E-state index is 14.9. The maximum Gasteiger partial charge on any atom is 0.249 e. The summed E-state index contributed by atoms with van der Waals surface area (Å²) in [4.78, 5) is 49.2. The number of likely N-dealkylation sites (tertiary alicyclic amines) is 1. The van der Waals surface area contributed by atoms with Crippen molar-refractivity contribution in [2.24, 2.45) is 11.8 Å². The summed E-state index contributed by atoms with van der Waals surface area (Å²) in [6, 6.07) is 17.2. The Kier molecular flexibility index (Phi) is 9.42. The summed E-state index contributed by atoms with van der Waals surface area (Å²) in [6.45, 7) is 12.9. The Morgan fingerprint density at radius 1 is 1.00 bits per heavy atom. The molecule has 44 heavy (non-hydrogen) atoms. The molecular weight excluding hydrogens is 554 g/mol. The summed E-state index contributed by atoms with van der Waals surface area (Å²) in [5, 5.41) is 10.8. The summed E-state index contributed by atoms with van der Waals surface area (Å²) in [5.41, 5.74) is -0.379. The monoisotopic (exact) mass is 599 g/mol. The van der Waals surface area contributed by atoms with Crippen LogP contribution in [0.4, 0.5) is 0 Å². The number of rotatable bonds is 14. The maximum atomic E-state index is 14.9. The minimum atomic E-state index is -1.20. The zero-order chi connectivity index (χ0) is 31.5. The Bertz CT molecular complexity index is 1370. The van der Waals surface area contributed by atoms with E-state index in [4.69, 9.17) is 4.74 Å². The minimum absolute atomic E-state index is 0.130. The average molecular weight is 600 g/mol. The summed E-state index contributed by atoms with van der Waals surface area (Å²) >= 11 is 0. The minimum Gasteiger partial charge on any atom is -0.394 e. The smallest absolute Gasteiger partial charge is 0.249 e. The Hall–Kier alpha value is -3.75. The van der Waals surface area contributed by atoms with Gasteiger partial charge in [-0.2, -0.15) is 0 Å². The zero-order valence-corrected chi connectivity index (χ0v) is 25.9. The lowest BCUT2D eigenvalue weighted by atomic mass is 9.64. The van der Waals surface area contributed by atoms with Crippen LogP contribution in [-0.4, -0.2) is 81.0 Å². The standard InChI is InChI=1S/C36H45N3O5/c1-5-21-37(22-6-2)32(41)29-30-33(42)39(28(25-40)27-17-13-10-14-18-27)31(36(30)20-19-35(29,8-4)44-36)34(43)38(23-7-3)24-26-15-11-9-12-16-26/h5,7,9-18,28-31,40H,1,3,6,8,19-25H2,2,4H3/t28-,29+,30+,31?,35-,36?/m1/s1. The molecule has 3 saturated heterocycles. The van der Waals surface area contributed by atoms with E-state index >= 15 is 0 Å². The first-order valence-corrected chi connectivity index (χ1v) is 15.8. The first-order valence-electron chi connectivity index (χ1n) is 15.8. The number of fused-ring (bicyclic) bond motifs is 1. The van der Waals surface area contributed by atoms with Crippen molar-refractivity contribution in [1.82, 2.24) is 14.7 Å². The molecule has 3 aliphatic heterocycles. The van der Waals surface area contributed by atoms with Crippen molar-refractivity contribution in [3.8, 4) is 0 Å². The number of carbonyl (C=O) groups excluding carboxylic acids is 3. The summed E-state index contributed by atoms with van der Waals surface area (Å²) < 4.78 is 7.01. The zero-order valence-electron chi connectivity index (χ0n) is 25.9. The van der Waals surface area contributed by atoms with Crippen LogP contribution in [0.2, 0.25) is 0 Å². The number of hydrogen-bond donors (Lipinski definition) is 1. The van der Waals surface area contributed by atoms with Crippen LogP contribution in [0.5, 0.6) is 0 Å². The largest absolute Gasteiger partial charge is 0.394 e. The highest BCUT2D eigenvalue weighted by Gasteiger charge is 2.79. The van der Waals surface area contributed by atoms with E-state index in [1.54, 1.807) is 26.9 Å². The van der Waals surface area contributed by atoms with Crippen molar-refractivity contribution in [1.29, 1.82) is 0 Å². The molecule has 1 N–H and O–H groups in total. The fraction of sp³-hybridized carbons (Fsp3) is 0.472. The van der Waals surface area contributed by atoms with Gasteiger partial charge in [0.1, 0.15) is 11.6 Å². The molecule has 3 heterocycles. The lowest BCUT2D eigenvalue weighted by molar-refractivity contribution is -0.158. The Labute approximate surface area is 261 Å². The molecule has 3 aliphatic rings.